The van der Waals surface area contributed by atoms with Gasteiger partial charge >= 0.3 is 0 Å². The van der Waals surface area contributed by atoms with Gasteiger partial charge in [0.2, 0.25) is 0 Å². The lowest BCUT2D eigenvalue weighted by molar-refractivity contribution is 0.0292. The highest BCUT2D eigenvalue weighted by Gasteiger charge is 2.30. The third-order valence-electron chi connectivity index (χ3n) is 18.9. The summed E-state index contributed by atoms with van der Waals surface area (Å²) in [6.07, 6.45) is 0.966. The van der Waals surface area contributed by atoms with E-state index in [4.69, 9.17) is 9.47 Å². The number of aliphatic hydroxyl groups excluding tert-OH is 4. The van der Waals surface area contributed by atoms with Gasteiger partial charge in [0.25, 0.3) is 0 Å². The number of hydrogen-bond acceptors (Lipinski definition) is 12. The minimum absolute atomic E-state index is 0.0430. The van der Waals surface area contributed by atoms with E-state index in [-0.39, 0.29) is 36.4 Å². The van der Waals surface area contributed by atoms with Crippen LogP contribution in [0.4, 0.5) is 0 Å². The molecule has 1 heterocycles. The normalized spacial score (nSPS) is 15.8. The Bertz CT molecular complexity index is 3330. The maximum absolute atomic E-state index is 10.8. The van der Waals surface area contributed by atoms with Gasteiger partial charge in [0, 0.05) is 44.4 Å². The van der Waals surface area contributed by atoms with Crippen molar-refractivity contribution in [3.63, 3.8) is 0 Å². The number of nitrogens with one attached hydrogen (secondary N) is 2. The van der Waals surface area contributed by atoms with Gasteiger partial charge in [-0.1, -0.05) is 273 Å². The quantitative estimate of drug-likeness (QED) is 0.0325. The van der Waals surface area contributed by atoms with Crippen molar-refractivity contribution in [1.82, 2.24) is 30.2 Å². The van der Waals surface area contributed by atoms with E-state index < -0.39 is 24.4 Å². The van der Waals surface area contributed by atoms with E-state index in [9.17, 15) is 20.4 Å². The first-order valence-electron chi connectivity index (χ1n) is 35.2. The second-order valence-corrected chi connectivity index (χ2v) is 26.2. The van der Waals surface area contributed by atoms with Crippen LogP contribution in [0.2, 0.25) is 0 Å². The van der Waals surface area contributed by atoms with Crippen LogP contribution in [0.15, 0.2) is 273 Å². The summed E-state index contributed by atoms with van der Waals surface area (Å²) in [5.41, 5.74) is 9.62. The molecule has 0 spiro atoms. The van der Waals surface area contributed by atoms with E-state index in [1.807, 2.05) is 247 Å². The van der Waals surface area contributed by atoms with Crippen LogP contribution in [0.5, 0.6) is 0 Å². The maximum Gasteiger partial charge on any atom is 0.0986 e. The largest absolute Gasteiger partial charge is 0.387 e. The molecule has 0 aromatic heterocycles. The van der Waals surface area contributed by atoms with Gasteiger partial charge in [0.15, 0.2) is 0 Å². The first kappa shape index (κ1) is 82.2. The average molecular weight is 1340 g/mol. The summed E-state index contributed by atoms with van der Waals surface area (Å²) in [4.78, 5) is 9.09. The number of hydrogen-bond donors (Lipinski definition) is 6. The second-order valence-electron chi connectivity index (χ2n) is 26.2. The van der Waals surface area contributed by atoms with Crippen LogP contribution in [0.1, 0.15) is 166 Å². The van der Waals surface area contributed by atoms with Crippen LogP contribution >= 0.6 is 0 Å². The lowest BCUT2D eigenvalue weighted by Crippen LogP contribution is -2.39. The Kier molecular flexibility index (Phi) is 37.6. The molecule has 0 bridgehead atoms. The Balaban J connectivity index is 0.000000215. The third-order valence-corrected chi connectivity index (χ3v) is 18.9. The zero-order valence-electron chi connectivity index (χ0n) is 61.8. The van der Waals surface area contributed by atoms with Gasteiger partial charge in [-0.3, -0.25) is 14.7 Å². The molecule has 12 nitrogen and oxygen atoms in total. The van der Waals surface area contributed by atoms with Crippen molar-refractivity contribution in [1.29, 1.82) is 0 Å². The molecule has 1 aliphatic rings. The maximum atomic E-state index is 10.8. The van der Waals surface area contributed by atoms with Crippen LogP contribution in [-0.2, 0) is 9.47 Å². The SMILES string of the molecule is CC(C)N(C)C(C)[C@@H](O)c1ccccc1.CC(C)N(C)[C@H](c1ccccc1)[C@@H](O)c1ccccc1.CN[C@@H](c1ccccc1)[C@H](O)c1ccccc1.CN[C@H](c1ccccc1)[C@@H](O)c1ccccc1.CO[C@@H](c1ccccc1)[C@@H](C)N(C)C.CO[C@@H](c1ccccc1)[C@@H](C)N1CCCC1. The van der Waals surface area contributed by atoms with Crippen molar-refractivity contribution in [2.24, 2.45) is 0 Å². The molecule has 9 aromatic rings. The molecule has 1 saturated heterocycles. The van der Waals surface area contributed by atoms with Crippen molar-refractivity contribution in [3.8, 4) is 0 Å². The van der Waals surface area contributed by atoms with Crippen molar-refractivity contribution >= 4 is 0 Å². The fourth-order valence-electron chi connectivity index (χ4n) is 12.2. The Hall–Kier alpha value is -7.50. The fourth-order valence-corrected chi connectivity index (χ4v) is 12.2. The predicted octanol–water partition coefficient (Wildman–Crippen LogP) is 16.8. The molecule has 6 N–H and O–H groups in total. The van der Waals surface area contributed by atoms with Gasteiger partial charge in [0.05, 0.1) is 54.7 Å². The molecular weight excluding hydrogens is 1220 g/mol. The van der Waals surface area contributed by atoms with E-state index in [2.05, 4.69) is 154 Å². The molecule has 10 rings (SSSR count). The second kappa shape index (κ2) is 45.3. The highest BCUT2D eigenvalue weighted by atomic mass is 16.5. The molecule has 99 heavy (non-hydrogen) atoms. The molecule has 12 heteroatoms. The lowest BCUT2D eigenvalue weighted by atomic mass is 9.94. The summed E-state index contributed by atoms with van der Waals surface area (Å²) in [6.45, 7) is 17.5. The van der Waals surface area contributed by atoms with Gasteiger partial charge in [-0.05, 0) is 167 Å². The highest BCUT2D eigenvalue weighted by Crippen LogP contribution is 2.35. The summed E-state index contributed by atoms with van der Waals surface area (Å²) in [5, 5.41) is 48.1. The van der Waals surface area contributed by atoms with Crippen LogP contribution in [0, 0.1) is 0 Å². The molecule has 0 radical (unpaired) electrons. The number of aliphatic hydroxyl groups is 4. The van der Waals surface area contributed by atoms with Crippen molar-refractivity contribution in [2.45, 2.75) is 146 Å². The summed E-state index contributed by atoms with van der Waals surface area (Å²) in [7, 11) is 15.5. The molecule has 9 aromatic carbocycles. The van der Waals surface area contributed by atoms with E-state index in [0.717, 1.165) is 38.9 Å². The zero-order valence-corrected chi connectivity index (χ0v) is 61.8. The summed E-state index contributed by atoms with van der Waals surface area (Å²) in [5.74, 6) is 0. The molecule has 532 valence electrons. The van der Waals surface area contributed by atoms with Crippen LogP contribution < -0.4 is 10.6 Å². The molecule has 12 atom stereocenters. The minimum atomic E-state index is -0.538. The molecule has 1 fully saturated rings. The number of nitrogens with zero attached hydrogens (tertiary/aromatic N) is 4. The Morgan fingerprint density at radius 3 is 0.869 bits per heavy atom. The molecular formula is C87H118N6O6. The fraction of sp³-hybridized carbons (Fsp3) is 0.379. The number of ether oxygens (including phenoxy) is 2. The first-order chi connectivity index (χ1) is 47.8. The summed E-state index contributed by atoms with van der Waals surface area (Å²) >= 11 is 0. The van der Waals surface area contributed by atoms with Crippen LogP contribution in [0.3, 0.4) is 0 Å². The Morgan fingerprint density at radius 1 is 0.323 bits per heavy atom. The topological polar surface area (TPSA) is 136 Å². The Morgan fingerprint density at radius 2 is 0.586 bits per heavy atom. The van der Waals surface area contributed by atoms with Gasteiger partial charge in [0.1, 0.15) is 0 Å². The molecule has 0 saturated carbocycles. The number of methoxy groups -OCH3 is 2. The predicted molar refractivity (Wildman–Crippen MR) is 412 cm³/mol. The monoisotopic (exact) mass is 1340 g/mol. The van der Waals surface area contributed by atoms with Crippen molar-refractivity contribution < 1.29 is 29.9 Å². The van der Waals surface area contributed by atoms with Gasteiger partial charge in [-0.15, -0.1) is 0 Å². The van der Waals surface area contributed by atoms with E-state index in [1.54, 1.807) is 7.11 Å². The number of likely N-dealkylation sites (N-methyl/N-ethyl adjacent to an activating group) is 5. The van der Waals surface area contributed by atoms with Gasteiger partial charge in [-0.2, -0.15) is 0 Å². The molecule has 1 aliphatic heterocycles. The summed E-state index contributed by atoms with van der Waals surface area (Å²) < 4.78 is 11.2. The standard InChI is InChI=1S/C18H23NO.2C15H17NO.C14H21NO.C13H21NO.C12H19NO/c1-14(2)19(3)17(15-10-6-4-7-11-15)18(20)16-12-8-5-9-13-16;2*1-16-14(12-8-4-2-5-9-12)15(17)13-10-6-3-7-11-13;1-12(15-10-6-7-11-15)14(16-2)13-8-4-3-5-9-13;1-10(2)14(4)11(3)13(15)12-8-6-5-7-9-12;1-10(13(2)3)12(14-4)11-8-6-5-7-9-11/h4-14,17-18,20H,1-3H3;2*2-11,14-17H,1H3;3-5,8-9,12,14H,6-7,10-11H2,1-2H3;5-11,13,15H,1-4H3;5-10,12H,1-4H3/t17-,18+;2*14-,15+;12-,14-;11?,13-;10-,12-/m110111/s1. The van der Waals surface area contributed by atoms with E-state index in [1.165, 1.54) is 37.1 Å². The number of rotatable bonds is 25. The smallest absolute Gasteiger partial charge is 0.0986 e. The van der Waals surface area contributed by atoms with Crippen molar-refractivity contribution in [2.75, 3.05) is 69.6 Å². The first-order valence-corrected chi connectivity index (χ1v) is 35.2. The Labute approximate surface area is 595 Å². The van der Waals surface area contributed by atoms with Gasteiger partial charge < -0.3 is 45.4 Å². The van der Waals surface area contributed by atoms with Crippen molar-refractivity contribution in [3.05, 3.63) is 323 Å². The van der Waals surface area contributed by atoms with E-state index in [0.29, 0.717) is 24.2 Å². The highest BCUT2D eigenvalue weighted by molar-refractivity contribution is 5.30. The van der Waals surface area contributed by atoms with Crippen LogP contribution in [0.25, 0.3) is 0 Å². The lowest BCUT2D eigenvalue weighted by Gasteiger charge is -2.35. The minimum Gasteiger partial charge on any atom is -0.387 e. The van der Waals surface area contributed by atoms with Crippen LogP contribution in [-0.4, -0.2) is 140 Å². The summed E-state index contributed by atoms with van der Waals surface area (Å²) in [6, 6.07) is 91.7. The molecule has 0 aliphatic carbocycles. The third kappa shape index (κ3) is 26.5. The average Bonchev–Trinajstić information content (AvgIpc) is 1.26. The number of likely N-dealkylation sites (tertiary alicyclic amines) is 1. The molecule has 0 amide bonds. The molecule has 1 unspecified atom stereocenters. The van der Waals surface area contributed by atoms with E-state index >= 15 is 0 Å². The number of benzene rings is 9. The zero-order chi connectivity index (χ0) is 72.1. The van der Waals surface area contributed by atoms with Gasteiger partial charge in [-0.25, -0.2) is 0 Å².